The normalized spacial score (nSPS) is 10.6. The van der Waals surface area contributed by atoms with Crippen molar-refractivity contribution in [3.8, 4) is 10.6 Å². The highest BCUT2D eigenvalue weighted by Gasteiger charge is 2.01. The van der Waals surface area contributed by atoms with Gasteiger partial charge in [0, 0.05) is 34.2 Å². The van der Waals surface area contributed by atoms with Gasteiger partial charge in [0.15, 0.2) is 0 Å². The molecule has 2 aromatic heterocycles. The number of thiazole rings is 1. The van der Waals surface area contributed by atoms with Crippen LogP contribution in [0.15, 0.2) is 51.8 Å². The van der Waals surface area contributed by atoms with Crippen molar-refractivity contribution in [1.82, 2.24) is 4.98 Å². The molecular formula is C14H11BrN2S2. The Morgan fingerprint density at radius 2 is 1.95 bits per heavy atom. The summed E-state index contributed by atoms with van der Waals surface area (Å²) in [6, 6.07) is 12.6. The quantitative estimate of drug-likeness (QED) is 0.695. The summed E-state index contributed by atoms with van der Waals surface area (Å²) in [6.45, 7) is 0.854. The van der Waals surface area contributed by atoms with Crippen LogP contribution >= 0.6 is 38.6 Å². The number of benzene rings is 1. The highest BCUT2D eigenvalue weighted by atomic mass is 79.9. The van der Waals surface area contributed by atoms with Crippen molar-refractivity contribution in [2.24, 2.45) is 0 Å². The lowest BCUT2D eigenvalue weighted by molar-refractivity contribution is 1.19. The number of thiophene rings is 1. The minimum absolute atomic E-state index is 0.854. The Morgan fingerprint density at radius 3 is 2.58 bits per heavy atom. The van der Waals surface area contributed by atoms with Crippen molar-refractivity contribution in [2.75, 3.05) is 5.32 Å². The first-order valence-corrected chi connectivity index (χ1v) is 8.28. The molecule has 1 aromatic carbocycles. The maximum atomic E-state index is 4.31. The van der Waals surface area contributed by atoms with Gasteiger partial charge >= 0.3 is 0 Å². The van der Waals surface area contributed by atoms with Gasteiger partial charge in [-0.1, -0.05) is 0 Å². The van der Waals surface area contributed by atoms with Crippen LogP contribution in [-0.2, 0) is 6.54 Å². The van der Waals surface area contributed by atoms with Gasteiger partial charge in [-0.15, -0.1) is 22.7 Å². The topological polar surface area (TPSA) is 24.9 Å². The van der Waals surface area contributed by atoms with Crippen LogP contribution in [0.2, 0.25) is 0 Å². The largest absolute Gasteiger partial charge is 0.380 e. The number of nitrogens with zero attached hydrogens (tertiary/aromatic N) is 1. The van der Waals surface area contributed by atoms with Gasteiger partial charge in [0.2, 0.25) is 0 Å². The van der Waals surface area contributed by atoms with Crippen LogP contribution < -0.4 is 5.32 Å². The number of nitrogens with one attached hydrogen (secondary N) is 1. The predicted molar refractivity (Wildman–Crippen MR) is 86.9 cm³/mol. The minimum atomic E-state index is 0.854. The van der Waals surface area contributed by atoms with Gasteiger partial charge in [-0.25, -0.2) is 4.98 Å². The van der Waals surface area contributed by atoms with Gasteiger partial charge in [-0.3, -0.25) is 0 Å². The van der Waals surface area contributed by atoms with E-state index in [1.807, 2.05) is 11.6 Å². The van der Waals surface area contributed by atoms with E-state index in [-0.39, 0.29) is 0 Å². The molecule has 1 N–H and O–H groups in total. The van der Waals surface area contributed by atoms with Crippen molar-refractivity contribution >= 4 is 44.3 Å². The summed E-state index contributed by atoms with van der Waals surface area (Å²) in [5.74, 6) is 0. The summed E-state index contributed by atoms with van der Waals surface area (Å²) in [6.07, 6.45) is 1.83. The number of aromatic nitrogens is 1. The standard InChI is InChI=1S/C14H11BrN2S2/c15-13-6-5-12(19-13)9-17-11-3-1-10(2-4-11)14-16-7-8-18-14/h1-8,17H,9H2. The third-order valence-electron chi connectivity index (χ3n) is 2.66. The number of hydrogen-bond acceptors (Lipinski definition) is 4. The van der Waals surface area contributed by atoms with Crippen LogP contribution in [-0.4, -0.2) is 4.98 Å². The van der Waals surface area contributed by atoms with Gasteiger partial charge in [0.05, 0.1) is 3.79 Å². The maximum absolute atomic E-state index is 4.31. The molecule has 0 atom stereocenters. The van der Waals surface area contributed by atoms with Crippen LogP contribution in [0.4, 0.5) is 5.69 Å². The zero-order chi connectivity index (χ0) is 13.1. The molecule has 0 radical (unpaired) electrons. The van der Waals surface area contributed by atoms with Crippen LogP contribution in [0.25, 0.3) is 10.6 Å². The van der Waals surface area contributed by atoms with E-state index in [0.29, 0.717) is 0 Å². The predicted octanol–water partition coefficient (Wildman–Crippen LogP) is 5.25. The van der Waals surface area contributed by atoms with Crippen LogP contribution in [0.3, 0.4) is 0 Å². The fourth-order valence-corrected chi connectivity index (χ4v) is 3.80. The maximum Gasteiger partial charge on any atom is 0.123 e. The van der Waals surface area contributed by atoms with E-state index in [1.165, 1.54) is 14.2 Å². The van der Waals surface area contributed by atoms with E-state index in [4.69, 9.17) is 0 Å². The van der Waals surface area contributed by atoms with Crippen molar-refractivity contribution < 1.29 is 0 Å². The second-order valence-electron chi connectivity index (χ2n) is 3.97. The van der Waals surface area contributed by atoms with Crippen molar-refractivity contribution in [2.45, 2.75) is 6.54 Å². The molecular weight excluding hydrogens is 340 g/mol. The molecule has 2 heterocycles. The molecule has 19 heavy (non-hydrogen) atoms. The Kier molecular flexibility index (Phi) is 3.96. The monoisotopic (exact) mass is 350 g/mol. The molecule has 3 aromatic rings. The molecule has 0 aliphatic rings. The summed E-state index contributed by atoms with van der Waals surface area (Å²) >= 11 is 6.89. The number of anilines is 1. The van der Waals surface area contributed by atoms with Crippen molar-refractivity contribution in [3.63, 3.8) is 0 Å². The first-order valence-electron chi connectivity index (χ1n) is 5.79. The van der Waals surface area contributed by atoms with Crippen molar-refractivity contribution in [3.05, 3.63) is 56.6 Å². The van der Waals surface area contributed by atoms with Crippen LogP contribution in [0, 0.1) is 0 Å². The van der Waals surface area contributed by atoms with Gasteiger partial charge in [0.1, 0.15) is 5.01 Å². The zero-order valence-electron chi connectivity index (χ0n) is 9.97. The summed E-state index contributed by atoms with van der Waals surface area (Å²) in [5, 5.41) is 6.48. The third kappa shape index (κ3) is 3.23. The van der Waals surface area contributed by atoms with Gasteiger partial charge in [-0.2, -0.15) is 0 Å². The highest BCUT2D eigenvalue weighted by Crippen LogP contribution is 2.25. The number of hydrogen-bond donors (Lipinski definition) is 1. The molecule has 0 aliphatic heterocycles. The minimum Gasteiger partial charge on any atom is -0.380 e. The molecule has 3 rings (SSSR count). The smallest absolute Gasteiger partial charge is 0.123 e. The fraction of sp³-hybridized carbons (Fsp3) is 0.0714. The second kappa shape index (κ2) is 5.86. The Bertz CT molecular complexity index is 644. The fourth-order valence-electron chi connectivity index (χ4n) is 1.73. The first-order chi connectivity index (χ1) is 9.31. The SMILES string of the molecule is Brc1ccc(CNc2ccc(-c3nccs3)cc2)s1. The van der Waals surface area contributed by atoms with E-state index >= 15 is 0 Å². The lowest BCUT2D eigenvalue weighted by Gasteiger charge is -2.05. The molecule has 0 bridgehead atoms. The van der Waals surface area contributed by atoms with Gasteiger partial charge in [-0.05, 0) is 52.3 Å². The van der Waals surface area contributed by atoms with E-state index in [2.05, 4.69) is 62.6 Å². The van der Waals surface area contributed by atoms with Gasteiger partial charge in [0.25, 0.3) is 0 Å². The van der Waals surface area contributed by atoms with E-state index in [1.54, 1.807) is 22.7 Å². The summed E-state index contributed by atoms with van der Waals surface area (Å²) in [4.78, 5) is 5.62. The molecule has 0 spiro atoms. The molecule has 5 heteroatoms. The molecule has 0 amide bonds. The Balaban J connectivity index is 1.66. The number of rotatable bonds is 4. The third-order valence-corrected chi connectivity index (χ3v) is 5.11. The molecule has 0 fully saturated rings. The molecule has 2 nitrogen and oxygen atoms in total. The van der Waals surface area contributed by atoms with E-state index in [0.717, 1.165) is 17.2 Å². The van der Waals surface area contributed by atoms with E-state index in [9.17, 15) is 0 Å². The average molecular weight is 351 g/mol. The molecule has 96 valence electrons. The summed E-state index contributed by atoms with van der Waals surface area (Å²) < 4.78 is 1.17. The summed E-state index contributed by atoms with van der Waals surface area (Å²) in [5.41, 5.74) is 2.30. The molecule has 0 unspecified atom stereocenters. The summed E-state index contributed by atoms with van der Waals surface area (Å²) in [7, 11) is 0. The van der Waals surface area contributed by atoms with Crippen LogP contribution in [0.5, 0.6) is 0 Å². The van der Waals surface area contributed by atoms with Crippen LogP contribution in [0.1, 0.15) is 4.88 Å². The molecule has 0 saturated heterocycles. The Hall–Kier alpha value is -1.17. The van der Waals surface area contributed by atoms with Gasteiger partial charge < -0.3 is 5.32 Å². The Labute approximate surface area is 128 Å². The lowest BCUT2D eigenvalue weighted by atomic mass is 10.2. The molecule has 0 aliphatic carbocycles. The van der Waals surface area contributed by atoms with Crippen molar-refractivity contribution in [1.29, 1.82) is 0 Å². The highest BCUT2D eigenvalue weighted by molar-refractivity contribution is 9.11. The molecule has 0 saturated carbocycles. The second-order valence-corrected chi connectivity index (χ2v) is 7.42. The first kappa shape index (κ1) is 12.8. The average Bonchev–Trinajstić information content (AvgIpc) is 3.08. The Morgan fingerprint density at radius 1 is 1.11 bits per heavy atom. The number of halogens is 1. The van der Waals surface area contributed by atoms with E-state index < -0.39 is 0 Å². The lowest BCUT2D eigenvalue weighted by Crippen LogP contribution is -1.96. The zero-order valence-corrected chi connectivity index (χ0v) is 13.2.